The molecular formula is C22H24N4O3S. The lowest BCUT2D eigenvalue weighted by Gasteiger charge is -2.35. The summed E-state index contributed by atoms with van der Waals surface area (Å²) < 4.78 is 5.91. The molecule has 0 aliphatic carbocycles. The molecule has 0 saturated heterocycles. The molecule has 4 rings (SSSR count). The molecule has 1 aromatic carbocycles. The highest BCUT2D eigenvalue weighted by molar-refractivity contribution is 7.20. The van der Waals surface area contributed by atoms with E-state index < -0.39 is 6.10 Å². The highest BCUT2D eigenvalue weighted by Crippen LogP contribution is 2.37. The van der Waals surface area contributed by atoms with E-state index in [0.29, 0.717) is 16.3 Å². The molecule has 1 aliphatic rings. The molecule has 3 aromatic rings. The summed E-state index contributed by atoms with van der Waals surface area (Å²) in [7, 11) is 3.36. The number of nitrogens with zero attached hydrogens (tertiary/aromatic N) is 4. The fourth-order valence-electron chi connectivity index (χ4n) is 3.72. The zero-order valence-electron chi connectivity index (χ0n) is 17.7. The normalized spacial score (nSPS) is 15.6. The molecule has 156 valence electrons. The van der Waals surface area contributed by atoms with E-state index in [2.05, 4.69) is 9.97 Å². The van der Waals surface area contributed by atoms with E-state index in [1.807, 2.05) is 39.0 Å². The fraction of sp³-hybridized carbons (Fsp3) is 0.364. The number of carbonyl (C=O) groups excluding carboxylic acids is 2. The quantitative estimate of drug-likeness (QED) is 0.644. The van der Waals surface area contributed by atoms with Gasteiger partial charge in [0.05, 0.1) is 17.1 Å². The van der Waals surface area contributed by atoms with Gasteiger partial charge in [0, 0.05) is 31.6 Å². The number of hydrogen-bond acceptors (Lipinski definition) is 6. The Labute approximate surface area is 179 Å². The Hall–Kier alpha value is -3.00. The van der Waals surface area contributed by atoms with Crippen LogP contribution in [0.25, 0.3) is 10.2 Å². The van der Waals surface area contributed by atoms with E-state index in [-0.39, 0.29) is 18.4 Å². The number of ether oxygens (including phenoxy) is 1. The number of aryl methyl sites for hydroxylation is 3. The number of likely N-dealkylation sites (N-methyl/N-ethyl adjacent to an activating group) is 1. The number of benzene rings is 1. The van der Waals surface area contributed by atoms with Crippen molar-refractivity contribution in [3.05, 3.63) is 46.2 Å². The molecule has 0 spiro atoms. The molecule has 30 heavy (non-hydrogen) atoms. The van der Waals surface area contributed by atoms with Gasteiger partial charge in [0.2, 0.25) is 0 Å². The Morgan fingerprint density at radius 3 is 2.67 bits per heavy atom. The number of aromatic nitrogens is 2. The highest BCUT2D eigenvalue weighted by Gasteiger charge is 2.36. The standard InChI is InChI=1S/C22H24N4O3S/c1-6-17-23-13(3)18-12(2)19(30-20(18)24-17)22(28)26-11-16(21(27)25(4)5)29-15-10-8-7-9-14(15)26/h7-10,16H,6,11H2,1-5H3/t16-/m0/s1. The van der Waals surface area contributed by atoms with Gasteiger partial charge in [-0.25, -0.2) is 9.97 Å². The van der Waals surface area contributed by atoms with E-state index in [9.17, 15) is 9.59 Å². The SMILES string of the molecule is CCc1nc(C)c2c(C)c(C(=O)N3C[C@@H](C(=O)N(C)C)Oc4ccccc43)sc2n1. The number of fused-ring (bicyclic) bond motifs is 2. The van der Waals surface area contributed by atoms with E-state index in [1.54, 1.807) is 25.1 Å². The number of anilines is 1. The number of hydrogen-bond donors (Lipinski definition) is 0. The number of carbonyl (C=O) groups is 2. The molecule has 1 atom stereocenters. The van der Waals surface area contributed by atoms with Crippen LogP contribution in [0.15, 0.2) is 24.3 Å². The second-order valence-corrected chi connectivity index (χ2v) is 8.54. The molecule has 0 radical (unpaired) electrons. The average molecular weight is 425 g/mol. The summed E-state index contributed by atoms with van der Waals surface area (Å²) in [5.74, 6) is 0.971. The van der Waals surface area contributed by atoms with Crippen molar-refractivity contribution < 1.29 is 14.3 Å². The van der Waals surface area contributed by atoms with Crippen molar-refractivity contribution in [3.63, 3.8) is 0 Å². The van der Waals surface area contributed by atoms with Gasteiger partial charge in [-0.2, -0.15) is 0 Å². The largest absolute Gasteiger partial charge is 0.476 e. The van der Waals surface area contributed by atoms with Crippen molar-refractivity contribution in [3.8, 4) is 5.75 Å². The summed E-state index contributed by atoms with van der Waals surface area (Å²) in [4.78, 5) is 40.0. The molecule has 0 fully saturated rings. The number of amides is 2. The second kappa shape index (κ2) is 7.68. The van der Waals surface area contributed by atoms with E-state index in [4.69, 9.17) is 4.74 Å². The lowest BCUT2D eigenvalue weighted by molar-refractivity contribution is -0.135. The van der Waals surface area contributed by atoms with Crippen molar-refractivity contribution in [1.82, 2.24) is 14.9 Å². The zero-order chi connectivity index (χ0) is 21.6. The highest BCUT2D eigenvalue weighted by atomic mass is 32.1. The first-order valence-corrected chi connectivity index (χ1v) is 10.7. The maximum Gasteiger partial charge on any atom is 0.268 e. The topological polar surface area (TPSA) is 75.6 Å². The lowest BCUT2D eigenvalue weighted by atomic mass is 10.1. The predicted molar refractivity (Wildman–Crippen MR) is 117 cm³/mol. The summed E-state index contributed by atoms with van der Waals surface area (Å²) in [6, 6.07) is 7.32. The van der Waals surface area contributed by atoms with Gasteiger partial charge < -0.3 is 9.64 Å². The molecule has 0 N–H and O–H groups in total. The molecule has 7 nitrogen and oxygen atoms in total. The second-order valence-electron chi connectivity index (χ2n) is 7.54. The van der Waals surface area contributed by atoms with Gasteiger partial charge in [-0.15, -0.1) is 11.3 Å². The summed E-state index contributed by atoms with van der Waals surface area (Å²) >= 11 is 1.38. The van der Waals surface area contributed by atoms with Crippen LogP contribution >= 0.6 is 11.3 Å². The number of rotatable bonds is 3. The third kappa shape index (κ3) is 3.31. The van der Waals surface area contributed by atoms with Gasteiger partial charge in [-0.05, 0) is 31.5 Å². The summed E-state index contributed by atoms with van der Waals surface area (Å²) in [6.07, 6.45) is -0.0101. The molecule has 0 bridgehead atoms. The maximum atomic E-state index is 13.7. The minimum atomic E-state index is -0.748. The minimum absolute atomic E-state index is 0.153. The third-order valence-electron chi connectivity index (χ3n) is 5.26. The molecule has 8 heteroatoms. The molecule has 0 saturated carbocycles. The summed E-state index contributed by atoms with van der Waals surface area (Å²) in [5, 5.41) is 0.933. The van der Waals surface area contributed by atoms with Crippen molar-refractivity contribution in [1.29, 1.82) is 0 Å². The van der Waals surface area contributed by atoms with Gasteiger partial charge >= 0.3 is 0 Å². The molecule has 2 aromatic heterocycles. The Kier molecular flexibility index (Phi) is 5.19. The van der Waals surface area contributed by atoms with Crippen LogP contribution in [0.5, 0.6) is 5.75 Å². The Morgan fingerprint density at radius 2 is 1.97 bits per heavy atom. The van der Waals surface area contributed by atoms with Gasteiger partial charge in [-0.1, -0.05) is 19.1 Å². The van der Waals surface area contributed by atoms with Gasteiger partial charge in [0.15, 0.2) is 6.10 Å². The van der Waals surface area contributed by atoms with Crippen LogP contribution in [0.2, 0.25) is 0 Å². The Morgan fingerprint density at radius 1 is 1.23 bits per heavy atom. The fourth-order valence-corrected chi connectivity index (χ4v) is 4.92. The van der Waals surface area contributed by atoms with Gasteiger partial charge in [-0.3, -0.25) is 14.5 Å². The predicted octanol–water partition coefficient (Wildman–Crippen LogP) is 3.37. The first-order valence-electron chi connectivity index (χ1n) is 9.87. The molecule has 0 unspecified atom stereocenters. The van der Waals surface area contributed by atoms with Crippen LogP contribution < -0.4 is 9.64 Å². The molecular weight excluding hydrogens is 400 g/mol. The van der Waals surface area contributed by atoms with Crippen molar-refractivity contribution in [2.45, 2.75) is 33.3 Å². The van der Waals surface area contributed by atoms with Crippen LogP contribution in [-0.4, -0.2) is 53.4 Å². The van der Waals surface area contributed by atoms with E-state index in [1.165, 1.54) is 16.2 Å². The first-order chi connectivity index (χ1) is 14.3. The van der Waals surface area contributed by atoms with Crippen LogP contribution in [0.4, 0.5) is 5.69 Å². The minimum Gasteiger partial charge on any atom is -0.476 e. The third-order valence-corrected chi connectivity index (χ3v) is 6.44. The number of para-hydroxylation sites is 2. The van der Waals surface area contributed by atoms with Crippen LogP contribution in [0.3, 0.4) is 0 Å². The average Bonchev–Trinajstić information content (AvgIpc) is 3.08. The van der Waals surface area contributed by atoms with E-state index in [0.717, 1.165) is 33.7 Å². The van der Waals surface area contributed by atoms with Crippen molar-refractivity contribution in [2.75, 3.05) is 25.5 Å². The number of thiophene rings is 1. The van der Waals surface area contributed by atoms with Crippen molar-refractivity contribution >= 4 is 39.1 Å². The molecule has 3 heterocycles. The van der Waals surface area contributed by atoms with Crippen LogP contribution in [0, 0.1) is 13.8 Å². The monoisotopic (exact) mass is 424 g/mol. The molecule has 1 aliphatic heterocycles. The Balaban J connectivity index is 1.79. The maximum absolute atomic E-state index is 13.7. The zero-order valence-corrected chi connectivity index (χ0v) is 18.5. The summed E-state index contributed by atoms with van der Waals surface area (Å²) in [5.41, 5.74) is 2.42. The first kappa shape index (κ1) is 20.3. The van der Waals surface area contributed by atoms with Gasteiger partial charge in [0.1, 0.15) is 16.4 Å². The smallest absolute Gasteiger partial charge is 0.268 e. The van der Waals surface area contributed by atoms with Crippen molar-refractivity contribution in [2.24, 2.45) is 0 Å². The Bertz CT molecular complexity index is 1150. The van der Waals surface area contributed by atoms with E-state index >= 15 is 0 Å². The molecule has 2 amide bonds. The van der Waals surface area contributed by atoms with Gasteiger partial charge in [0.25, 0.3) is 11.8 Å². The van der Waals surface area contributed by atoms with Crippen LogP contribution in [-0.2, 0) is 11.2 Å². The van der Waals surface area contributed by atoms with Crippen LogP contribution in [0.1, 0.15) is 33.7 Å². The lowest BCUT2D eigenvalue weighted by Crippen LogP contribution is -2.50. The summed E-state index contributed by atoms with van der Waals surface area (Å²) in [6.45, 7) is 6.06.